The van der Waals surface area contributed by atoms with Gasteiger partial charge < -0.3 is 16.4 Å². The van der Waals surface area contributed by atoms with Gasteiger partial charge in [0.25, 0.3) is 0 Å². The van der Waals surface area contributed by atoms with Gasteiger partial charge in [-0.3, -0.25) is 14.5 Å². The highest BCUT2D eigenvalue weighted by Gasteiger charge is 2.56. The second kappa shape index (κ2) is 5.75. The highest BCUT2D eigenvalue weighted by Crippen LogP contribution is 2.39. The molecular formula is C18H24N4O3. The van der Waals surface area contributed by atoms with Crippen LogP contribution in [0.2, 0.25) is 0 Å². The molecule has 7 nitrogen and oxygen atoms in total. The van der Waals surface area contributed by atoms with Crippen LogP contribution in [0.5, 0.6) is 0 Å². The van der Waals surface area contributed by atoms with Crippen LogP contribution in [0.25, 0.3) is 0 Å². The standard InChI is InChI=1S/C18H24N4O3/c1-17(2,10-14(19)23)12-4-6-13(7-5-12)21-11-18(15(20)24)8-3-9-22(18)16(21)25/h4-7H,3,8-11H2,1-2H3,(H2,19,23)(H2,20,24)/t18-/m1/s1. The van der Waals surface area contributed by atoms with E-state index in [-0.39, 0.29) is 30.3 Å². The number of hydrogen-bond donors (Lipinski definition) is 2. The van der Waals surface area contributed by atoms with Crippen molar-refractivity contribution in [1.82, 2.24) is 4.90 Å². The molecule has 1 aromatic carbocycles. The van der Waals surface area contributed by atoms with Gasteiger partial charge in [-0.1, -0.05) is 26.0 Å². The quantitative estimate of drug-likeness (QED) is 0.834. The minimum Gasteiger partial charge on any atom is -0.370 e. The largest absolute Gasteiger partial charge is 0.370 e. The van der Waals surface area contributed by atoms with Crippen LogP contribution in [0, 0.1) is 0 Å². The molecule has 134 valence electrons. The maximum atomic E-state index is 12.7. The summed E-state index contributed by atoms with van der Waals surface area (Å²) in [6, 6.07) is 7.29. The Morgan fingerprint density at radius 3 is 2.36 bits per heavy atom. The van der Waals surface area contributed by atoms with Crippen LogP contribution in [0.15, 0.2) is 24.3 Å². The van der Waals surface area contributed by atoms with Crippen molar-refractivity contribution in [3.63, 3.8) is 0 Å². The van der Waals surface area contributed by atoms with Crippen molar-refractivity contribution in [2.45, 2.75) is 44.1 Å². The topological polar surface area (TPSA) is 110 Å². The molecule has 2 fully saturated rings. The summed E-state index contributed by atoms with van der Waals surface area (Å²) in [7, 11) is 0. The summed E-state index contributed by atoms with van der Waals surface area (Å²) < 4.78 is 0. The molecule has 2 aliphatic heterocycles. The van der Waals surface area contributed by atoms with Gasteiger partial charge in [0.05, 0.1) is 6.54 Å². The third kappa shape index (κ3) is 2.73. The van der Waals surface area contributed by atoms with Crippen LogP contribution in [0.4, 0.5) is 10.5 Å². The Morgan fingerprint density at radius 2 is 1.84 bits per heavy atom. The molecule has 2 heterocycles. The summed E-state index contributed by atoms with van der Waals surface area (Å²) in [6.45, 7) is 4.74. The smallest absolute Gasteiger partial charge is 0.325 e. The summed E-state index contributed by atoms with van der Waals surface area (Å²) in [5, 5.41) is 0. The van der Waals surface area contributed by atoms with Gasteiger partial charge in [0, 0.05) is 18.7 Å². The Bertz CT molecular complexity index is 728. The van der Waals surface area contributed by atoms with Gasteiger partial charge in [-0.05, 0) is 36.0 Å². The highest BCUT2D eigenvalue weighted by atomic mass is 16.2. The van der Waals surface area contributed by atoms with Crippen LogP contribution in [-0.4, -0.2) is 41.4 Å². The second-order valence-electron chi connectivity index (χ2n) is 7.59. The number of anilines is 1. The SMILES string of the molecule is CC(C)(CC(N)=O)c1ccc(N2C[C@@]3(C(N)=O)CCCN3C2=O)cc1. The lowest BCUT2D eigenvalue weighted by molar-refractivity contribution is -0.125. The molecule has 0 radical (unpaired) electrons. The van der Waals surface area contributed by atoms with E-state index in [0.29, 0.717) is 13.0 Å². The normalized spacial score (nSPS) is 23.0. The van der Waals surface area contributed by atoms with Gasteiger partial charge in [0.2, 0.25) is 11.8 Å². The molecule has 0 spiro atoms. The zero-order valence-corrected chi connectivity index (χ0v) is 14.6. The van der Waals surface area contributed by atoms with E-state index in [2.05, 4.69) is 0 Å². The summed E-state index contributed by atoms with van der Waals surface area (Å²) in [5.41, 5.74) is 11.3. The number of urea groups is 1. The van der Waals surface area contributed by atoms with Crippen molar-refractivity contribution >= 4 is 23.5 Å². The molecule has 4 amide bonds. The van der Waals surface area contributed by atoms with Gasteiger partial charge >= 0.3 is 6.03 Å². The average Bonchev–Trinajstić information content (AvgIpc) is 3.06. The van der Waals surface area contributed by atoms with E-state index in [1.807, 2.05) is 38.1 Å². The predicted octanol–water partition coefficient (Wildman–Crippen LogP) is 1.10. The Morgan fingerprint density at radius 1 is 1.20 bits per heavy atom. The molecule has 0 saturated carbocycles. The average molecular weight is 344 g/mol. The van der Waals surface area contributed by atoms with E-state index in [1.54, 1.807) is 9.80 Å². The van der Waals surface area contributed by atoms with Gasteiger partial charge in [0.1, 0.15) is 5.54 Å². The number of primary amides is 2. The number of carbonyl (C=O) groups is 3. The number of hydrogen-bond acceptors (Lipinski definition) is 3. The highest BCUT2D eigenvalue weighted by molar-refractivity contribution is 6.02. The summed E-state index contributed by atoms with van der Waals surface area (Å²) in [4.78, 5) is 39.1. The molecule has 25 heavy (non-hydrogen) atoms. The van der Waals surface area contributed by atoms with Crippen LogP contribution >= 0.6 is 0 Å². The first-order valence-corrected chi connectivity index (χ1v) is 8.45. The maximum Gasteiger partial charge on any atom is 0.325 e. The van der Waals surface area contributed by atoms with Crippen LogP contribution in [0.3, 0.4) is 0 Å². The fraction of sp³-hybridized carbons (Fsp3) is 0.500. The van der Waals surface area contributed by atoms with Crippen molar-refractivity contribution in [2.75, 3.05) is 18.0 Å². The van der Waals surface area contributed by atoms with Crippen LogP contribution in [-0.2, 0) is 15.0 Å². The number of fused-ring (bicyclic) bond motifs is 1. The Hall–Kier alpha value is -2.57. The monoisotopic (exact) mass is 344 g/mol. The van der Waals surface area contributed by atoms with Gasteiger partial charge in [-0.15, -0.1) is 0 Å². The van der Waals surface area contributed by atoms with E-state index < -0.39 is 11.4 Å². The number of benzene rings is 1. The number of rotatable bonds is 5. The van der Waals surface area contributed by atoms with Crippen molar-refractivity contribution in [1.29, 1.82) is 0 Å². The Balaban J connectivity index is 1.85. The van der Waals surface area contributed by atoms with Crippen molar-refractivity contribution in [3.05, 3.63) is 29.8 Å². The van der Waals surface area contributed by atoms with Gasteiger partial charge in [-0.2, -0.15) is 0 Å². The van der Waals surface area contributed by atoms with E-state index in [0.717, 1.165) is 17.7 Å². The molecule has 0 aromatic heterocycles. The minimum atomic E-state index is -0.888. The lowest BCUT2D eigenvalue weighted by atomic mass is 9.81. The molecule has 3 rings (SSSR count). The summed E-state index contributed by atoms with van der Waals surface area (Å²) in [5.74, 6) is -0.798. The van der Waals surface area contributed by atoms with Gasteiger partial charge in [-0.25, -0.2) is 4.79 Å². The molecule has 0 bridgehead atoms. The zero-order valence-electron chi connectivity index (χ0n) is 14.6. The van der Waals surface area contributed by atoms with Gasteiger partial charge in [0.15, 0.2) is 0 Å². The molecule has 2 saturated heterocycles. The number of amides is 4. The first-order chi connectivity index (χ1) is 11.7. The third-order valence-corrected chi connectivity index (χ3v) is 5.41. The first-order valence-electron chi connectivity index (χ1n) is 8.45. The number of nitrogens with zero attached hydrogens (tertiary/aromatic N) is 2. The maximum absolute atomic E-state index is 12.7. The van der Waals surface area contributed by atoms with Crippen molar-refractivity contribution in [2.24, 2.45) is 11.5 Å². The molecule has 1 aromatic rings. The molecule has 0 unspecified atom stereocenters. The molecule has 2 aliphatic rings. The van der Waals surface area contributed by atoms with E-state index in [4.69, 9.17) is 11.5 Å². The zero-order chi connectivity index (χ0) is 18.4. The fourth-order valence-electron chi connectivity index (χ4n) is 3.96. The summed E-state index contributed by atoms with van der Waals surface area (Å²) in [6.07, 6.45) is 1.64. The number of carbonyl (C=O) groups excluding carboxylic acids is 3. The molecule has 1 atom stereocenters. The lowest BCUT2D eigenvalue weighted by Gasteiger charge is -2.26. The third-order valence-electron chi connectivity index (χ3n) is 5.41. The Labute approximate surface area is 146 Å². The van der Waals surface area contributed by atoms with Crippen LogP contribution < -0.4 is 16.4 Å². The fourth-order valence-corrected chi connectivity index (χ4v) is 3.96. The molecule has 4 N–H and O–H groups in total. The van der Waals surface area contributed by atoms with E-state index in [9.17, 15) is 14.4 Å². The molecule has 7 heteroatoms. The second-order valence-corrected chi connectivity index (χ2v) is 7.59. The van der Waals surface area contributed by atoms with E-state index in [1.165, 1.54) is 0 Å². The van der Waals surface area contributed by atoms with Crippen molar-refractivity contribution < 1.29 is 14.4 Å². The number of nitrogens with two attached hydrogens (primary N) is 2. The van der Waals surface area contributed by atoms with E-state index >= 15 is 0 Å². The van der Waals surface area contributed by atoms with Crippen LogP contribution in [0.1, 0.15) is 38.7 Å². The first kappa shape index (κ1) is 17.3. The summed E-state index contributed by atoms with van der Waals surface area (Å²) >= 11 is 0. The molecular weight excluding hydrogens is 320 g/mol. The minimum absolute atomic E-state index is 0.180. The Kier molecular flexibility index (Phi) is 3.97. The van der Waals surface area contributed by atoms with Crippen molar-refractivity contribution in [3.8, 4) is 0 Å². The lowest BCUT2D eigenvalue weighted by Crippen LogP contribution is -2.52. The predicted molar refractivity (Wildman–Crippen MR) is 93.9 cm³/mol. The molecule has 0 aliphatic carbocycles.